The molecule has 3 rings (SSSR count). The fourth-order valence-corrected chi connectivity index (χ4v) is 2.28. The molecule has 3 aromatic rings. The average Bonchev–Trinajstić information content (AvgIpc) is 2.57. The van der Waals surface area contributed by atoms with E-state index in [1.54, 1.807) is 24.4 Å². The van der Waals surface area contributed by atoms with Crippen LogP contribution < -0.4 is 16.2 Å². The minimum Gasteiger partial charge on any atom is -0.308 e. The third-order valence-electron chi connectivity index (χ3n) is 3.38. The molecule has 0 saturated carbocycles. The number of hydrogen-bond donors (Lipinski definition) is 2. The first-order chi connectivity index (χ1) is 11.6. The molecule has 0 unspecified atom stereocenters. The molecule has 6 nitrogen and oxygen atoms in total. The van der Waals surface area contributed by atoms with Crippen molar-refractivity contribution in [3.63, 3.8) is 0 Å². The van der Waals surface area contributed by atoms with Crippen molar-refractivity contribution in [3.05, 3.63) is 82.9 Å². The number of carbonyl (C=O) groups excluding carboxylic acids is 1. The maximum atomic E-state index is 12.5. The van der Waals surface area contributed by atoms with Gasteiger partial charge in [-0.1, -0.05) is 30.3 Å². The number of benzene rings is 2. The highest BCUT2D eigenvalue weighted by Crippen LogP contribution is 2.10. The van der Waals surface area contributed by atoms with Crippen molar-refractivity contribution in [2.45, 2.75) is 6.92 Å². The Labute approximate surface area is 138 Å². The van der Waals surface area contributed by atoms with Crippen LogP contribution in [0, 0.1) is 6.92 Å². The van der Waals surface area contributed by atoms with Crippen LogP contribution in [0.5, 0.6) is 0 Å². The van der Waals surface area contributed by atoms with Gasteiger partial charge < -0.3 is 5.32 Å². The molecule has 6 heteroatoms. The second-order valence-corrected chi connectivity index (χ2v) is 5.24. The van der Waals surface area contributed by atoms with E-state index in [4.69, 9.17) is 0 Å². The van der Waals surface area contributed by atoms with Crippen molar-refractivity contribution in [1.29, 1.82) is 0 Å². The highest BCUT2D eigenvalue weighted by atomic mass is 16.2. The second-order valence-electron chi connectivity index (χ2n) is 5.24. The van der Waals surface area contributed by atoms with Crippen LogP contribution in [0.15, 0.2) is 71.8 Å². The summed E-state index contributed by atoms with van der Waals surface area (Å²) in [7, 11) is 0. The molecule has 0 bridgehead atoms. The number of aromatic nitrogens is 2. The third kappa shape index (κ3) is 3.49. The molecule has 2 N–H and O–H groups in total. The predicted molar refractivity (Wildman–Crippen MR) is 93.7 cm³/mol. The van der Waals surface area contributed by atoms with Gasteiger partial charge in [0.2, 0.25) is 5.82 Å². The summed E-state index contributed by atoms with van der Waals surface area (Å²) in [5.74, 6) is -0.0356. The van der Waals surface area contributed by atoms with Crippen LogP contribution in [0.2, 0.25) is 0 Å². The Hall–Kier alpha value is -3.41. The van der Waals surface area contributed by atoms with E-state index in [0.29, 0.717) is 11.4 Å². The quantitative estimate of drug-likeness (QED) is 0.778. The zero-order valence-electron chi connectivity index (χ0n) is 13.1. The Morgan fingerprint density at radius 2 is 1.83 bits per heavy atom. The van der Waals surface area contributed by atoms with Gasteiger partial charge in [0.1, 0.15) is 0 Å². The van der Waals surface area contributed by atoms with Crippen molar-refractivity contribution < 1.29 is 4.79 Å². The number of para-hydroxylation sites is 1. The summed E-state index contributed by atoms with van der Waals surface area (Å²) in [4.78, 5) is 28.5. The number of urea groups is 1. The standard InChI is InChI=1S/C18H16N4O2/c1-13-6-5-7-14(12-13)20-18(24)21-16-17(23)22(11-10-19-16)15-8-3-2-4-9-15/h2-12H,1H3,(H2,19,20,21,24). The van der Waals surface area contributed by atoms with Gasteiger partial charge in [0.05, 0.1) is 0 Å². The van der Waals surface area contributed by atoms with Gasteiger partial charge in [0, 0.05) is 23.8 Å². The molecule has 0 aliphatic carbocycles. The van der Waals surface area contributed by atoms with Crippen LogP contribution in [0.25, 0.3) is 5.69 Å². The molecule has 1 aromatic heterocycles. The summed E-state index contributed by atoms with van der Waals surface area (Å²) in [6.07, 6.45) is 3.03. The number of aryl methyl sites for hydroxylation is 1. The summed E-state index contributed by atoms with van der Waals surface area (Å²) >= 11 is 0. The average molecular weight is 320 g/mol. The zero-order chi connectivity index (χ0) is 16.9. The largest absolute Gasteiger partial charge is 0.325 e. The van der Waals surface area contributed by atoms with Crippen molar-refractivity contribution in [3.8, 4) is 5.69 Å². The van der Waals surface area contributed by atoms with Gasteiger partial charge in [-0.3, -0.25) is 14.7 Å². The van der Waals surface area contributed by atoms with Gasteiger partial charge in [-0.2, -0.15) is 0 Å². The predicted octanol–water partition coefficient (Wildman–Crippen LogP) is 3.18. The Morgan fingerprint density at radius 3 is 2.58 bits per heavy atom. The third-order valence-corrected chi connectivity index (χ3v) is 3.38. The van der Waals surface area contributed by atoms with Crippen molar-refractivity contribution in [1.82, 2.24) is 9.55 Å². The molecule has 2 amide bonds. The highest BCUT2D eigenvalue weighted by Gasteiger charge is 2.10. The molecule has 0 aliphatic rings. The fourth-order valence-electron chi connectivity index (χ4n) is 2.28. The van der Waals surface area contributed by atoms with Gasteiger partial charge in [0.15, 0.2) is 0 Å². The van der Waals surface area contributed by atoms with E-state index in [0.717, 1.165) is 5.56 Å². The van der Waals surface area contributed by atoms with Crippen LogP contribution in [0.1, 0.15) is 5.56 Å². The molecule has 0 spiro atoms. The van der Waals surface area contributed by atoms with Crippen molar-refractivity contribution in [2.75, 3.05) is 10.6 Å². The van der Waals surface area contributed by atoms with Gasteiger partial charge in [-0.15, -0.1) is 0 Å². The molecule has 0 radical (unpaired) electrons. The molecule has 0 fully saturated rings. The van der Waals surface area contributed by atoms with Gasteiger partial charge in [0.25, 0.3) is 5.56 Å². The smallest absolute Gasteiger partial charge is 0.308 e. The minimum absolute atomic E-state index is 0.0356. The minimum atomic E-state index is -0.518. The Kier molecular flexibility index (Phi) is 4.38. The molecular formula is C18H16N4O2. The van der Waals surface area contributed by atoms with E-state index in [-0.39, 0.29) is 5.82 Å². The van der Waals surface area contributed by atoms with E-state index in [1.165, 1.54) is 10.8 Å². The summed E-state index contributed by atoms with van der Waals surface area (Å²) in [6.45, 7) is 1.93. The fraction of sp³-hybridized carbons (Fsp3) is 0.0556. The number of nitrogens with one attached hydrogen (secondary N) is 2. The lowest BCUT2D eigenvalue weighted by Gasteiger charge is -2.09. The van der Waals surface area contributed by atoms with Gasteiger partial charge in [-0.05, 0) is 36.8 Å². The number of nitrogens with zero attached hydrogens (tertiary/aromatic N) is 2. The molecule has 0 saturated heterocycles. The topological polar surface area (TPSA) is 76.0 Å². The summed E-state index contributed by atoms with van der Waals surface area (Å²) in [6, 6.07) is 16.0. The number of amides is 2. The van der Waals surface area contributed by atoms with Gasteiger partial charge >= 0.3 is 6.03 Å². The van der Waals surface area contributed by atoms with E-state index in [2.05, 4.69) is 15.6 Å². The summed E-state index contributed by atoms with van der Waals surface area (Å²) in [5, 5.41) is 5.17. The lowest BCUT2D eigenvalue weighted by Crippen LogP contribution is -2.28. The van der Waals surface area contributed by atoms with Gasteiger partial charge in [-0.25, -0.2) is 9.78 Å². The summed E-state index contributed by atoms with van der Waals surface area (Å²) in [5.41, 5.74) is 1.97. The lowest BCUT2D eigenvalue weighted by atomic mass is 10.2. The first-order valence-electron chi connectivity index (χ1n) is 7.41. The molecule has 0 aliphatic heterocycles. The first kappa shape index (κ1) is 15.5. The molecule has 1 heterocycles. The molecule has 0 atom stereocenters. The van der Waals surface area contributed by atoms with Crippen LogP contribution >= 0.6 is 0 Å². The number of rotatable bonds is 3. The van der Waals surface area contributed by atoms with Crippen LogP contribution in [0.3, 0.4) is 0 Å². The molecule has 2 aromatic carbocycles. The van der Waals surface area contributed by atoms with Crippen molar-refractivity contribution >= 4 is 17.5 Å². The molecule has 24 heavy (non-hydrogen) atoms. The number of hydrogen-bond acceptors (Lipinski definition) is 3. The lowest BCUT2D eigenvalue weighted by molar-refractivity contribution is 0.262. The van der Waals surface area contributed by atoms with E-state index in [9.17, 15) is 9.59 Å². The SMILES string of the molecule is Cc1cccc(NC(=O)Nc2nccn(-c3ccccc3)c2=O)c1. The highest BCUT2D eigenvalue weighted by molar-refractivity contribution is 5.99. The zero-order valence-corrected chi connectivity index (χ0v) is 13.1. The second kappa shape index (κ2) is 6.78. The van der Waals surface area contributed by atoms with Crippen LogP contribution in [-0.2, 0) is 0 Å². The van der Waals surface area contributed by atoms with Crippen LogP contribution in [-0.4, -0.2) is 15.6 Å². The first-order valence-corrected chi connectivity index (χ1v) is 7.41. The molecule has 120 valence electrons. The monoisotopic (exact) mass is 320 g/mol. The van der Waals surface area contributed by atoms with Crippen molar-refractivity contribution in [2.24, 2.45) is 0 Å². The van der Waals surface area contributed by atoms with E-state index >= 15 is 0 Å². The van der Waals surface area contributed by atoms with Crippen LogP contribution in [0.4, 0.5) is 16.3 Å². The Morgan fingerprint density at radius 1 is 1.04 bits per heavy atom. The Balaban J connectivity index is 1.81. The molecular weight excluding hydrogens is 304 g/mol. The normalized spacial score (nSPS) is 10.2. The van der Waals surface area contributed by atoms with E-state index in [1.807, 2.05) is 43.3 Å². The summed E-state index contributed by atoms with van der Waals surface area (Å²) < 4.78 is 1.43. The maximum absolute atomic E-state index is 12.5. The number of carbonyl (C=O) groups is 1. The maximum Gasteiger partial charge on any atom is 0.325 e. The number of anilines is 2. The Bertz CT molecular complexity index is 920. The van der Waals surface area contributed by atoms with E-state index < -0.39 is 11.6 Å².